The molecule has 2 nitrogen and oxygen atoms in total. The topological polar surface area (TPSA) is 34.1 Å². The molecule has 2 unspecified atom stereocenters. The molecule has 1 aromatic rings. The molecule has 3 heteroatoms. The first kappa shape index (κ1) is 14.6. The van der Waals surface area contributed by atoms with Crippen LogP contribution in [0, 0.1) is 19.8 Å². The van der Waals surface area contributed by atoms with Crippen LogP contribution in [0.4, 0.5) is 4.39 Å². The summed E-state index contributed by atoms with van der Waals surface area (Å²) in [5.74, 6) is -1.78. The van der Waals surface area contributed by atoms with Crippen molar-refractivity contribution in [3.8, 4) is 0 Å². The Kier molecular flexibility index (Phi) is 4.76. The lowest BCUT2D eigenvalue weighted by molar-refractivity contribution is -0.125. The third-order valence-electron chi connectivity index (χ3n) is 3.37. The zero-order chi connectivity index (χ0) is 13.9. The van der Waals surface area contributed by atoms with E-state index >= 15 is 0 Å². The molecule has 0 N–H and O–H groups in total. The Bertz CT molecular complexity index is 466. The highest BCUT2D eigenvalue weighted by molar-refractivity contribution is 6.13. The van der Waals surface area contributed by atoms with E-state index in [4.69, 9.17) is 0 Å². The van der Waals surface area contributed by atoms with Gasteiger partial charge in [0.1, 0.15) is 0 Å². The minimum absolute atomic E-state index is 0.266. The Morgan fingerprint density at radius 3 is 2.33 bits per heavy atom. The zero-order valence-corrected chi connectivity index (χ0v) is 11.3. The normalized spacial score (nSPS) is 14.1. The highest BCUT2D eigenvalue weighted by Crippen LogP contribution is 2.16. The number of Topliss-reactive ketones (excluding diaryl/α,β-unsaturated/α-hetero) is 2. The van der Waals surface area contributed by atoms with E-state index in [1.54, 1.807) is 32.0 Å². The van der Waals surface area contributed by atoms with Crippen LogP contribution in [0.2, 0.25) is 0 Å². The summed E-state index contributed by atoms with van der Waals surface area (Å²) in [6.45, 7) is 7.22. The summed E-state index contributed by atoms with van der Waals surface area (Å²) >= 11 is 0. The number of benzene rings is 1. The molecule has 0 aromatic heterocycles. The van der Waals surface area contributed by atoms with E-state index in [9.17, 15) is 14.0 Å². The average Bonchev–Trinajstić information content (AvgIpc) is 2.38. The van der Waals surface area contributed by atoms with Crippen molar-refractivity contribution in [3.63, 3.8) is 0 Å². The van der Waals surface area contributed by atoms with Gasteiger partial charge in [-0.15, -0.1) is 0 Å². The van der Waals surface area contributed by atoms with Crippen LogP contribution >= 0.6 is 0 Å². The fraction of sp³-hybridized carbons (Fsp3) is 0.467. The van der Waals surface area contributed by atoms with Crippen molar-refractivity contribution in [1.82, 2.24) is 0 Å². The van der Waals surface area contributed by atoms with Crippen LogP contribution in [0.25, 0.3) is 0 Å². The summed E-state index contributed by atoms with van der Waals surface area (Å²) in [6.07, 6.45) is -1.50. The van der Waals surface area contributed by atoms with Crippen LogP contribution in [0.5, 0.6) is 0 Å². The Morgan fingerprint density at radius 2 is 1.83 bits per heavy atom. The molecule has 2 atom stereocenters. The molecule has 0 fully saturated rings. The third-order valence-corrected chi connectivity index (χ3v) is 3.37. The van der Waals surface area contributed by atoms with E-state index in [0.29, 0.717) is 6.42 Å². The molecule has 0 bridgehead atoms. The molecule has 0 heterocycles. The fourth-order valence-corrected chi connectivity index (χ4v) is 1.62. The van der Waals surface area contributed by atoms with Crippen molar-refractivity contribution in [3.05, 3.63) is 34.9 Å². The minimum atomic E-state index is -2.04. The predicted octanol–water partition coefficient (Wildman–Crippen LogP) is 3.44. The molecule has 1 aromatic carbocycles. The van der Waals surface area contributed by atoms with Crippen LogP contribution in [0.3, 0.4) is 0 Å². The SMILES string of the molecule is CCC(C)C(=O)C(F)C(=O)c1ccc(C)c(C)c1. The second kappa shape index (κ2) is 5.89. The van der Waals surface area contributed by atoms with Crippen LogP contribution in [0.1, 0.15) is 41.8 Å². The highest BCUT2D eigenvalue weighted by atomic mass is 19.1. The van der Waals surface area contributed by atoms with Crippen molar-refractivity contribution < 1.29 is 14.0 Å². The molecule has 0 saturated heterocycles. The Labute approximate surface area is 107 Å². The van der Waals surface area contributed by atoms with Gasteiger partial charge in [0.2, 0.25) is 12.0 Å². The Balaban J connectivity index is 2.93. The first-order valence-electron chi connectivity index (χ1n) is 6.17. The molecule has 18 heavy (non-hydrogen) atoms. The second-order valence-electron chi connectivity index (χ2n) is 4.74. The van der Waals surface area contributed by atoms with Gasteiger partial charge in [0.05, 0.1) is 0 Å². The van der Waals surface area contributed by atoms with Crippen LogP contribution < -0.4 is 0 Å². The zero-order valence-electron chi connectivity index (χ0n) is 11.3. The first-order chi connectivity index (χ1) is 8.38. The summed E-state index contributed by atoms with van der Waals surface area (Å²) in [5.41, 5.74) is 2.22. The van der Waals surface area contributed by atoms with Gasteiger partial charge < -0.3 is 0 Å². The van der Waals surface area contributed by atoms with E-state index in [1.807, 2.05) is 13.8 Å². The summed E-state index contributed by atoms with van der Waals surface area (Å²) in [5, 5.41) is 0. The summed E-state index contributed by atoms with van der Waals surface area (Å²) in [6, 6.07) is 4.97. The highest BCUT2D eigenvalue weighted by Gasteiger charge is 2.29. The Hall–Kier alpha value is -1.51. The monoisotopic (exact) mass is 250 g/mol. The fourth-order valence-electron chi connectivity index (χ4n) is 1.62. The van der Waals surface area contributed by atoms with Crippen molar-refractivity contribution in [2.24, 2.45) is 5.92 Å². The molecule has 0 radical (unpaired) electrons. The largest absolute Gasteiger partial charge is 0.296 e. The van der Waals surface area contributed by atoms with Gasteiger partial charge in [-0.3, -0.25) is 9.59 Å². The maximum absolute atomic E-state index is 13.8. The maximum Gasteiger partial charge on any atom is 0.221 e. The predicted molar refractivity (Wildman–Crippen MR) is 69.6 cm³/mol. The number of ketones is 2. The second-order valence-corrected chi connectivity index (χ2v) is 4.74. The number of hydrogen-bond donors (Lipinski definition) is 0. The molecular formula is C15H19FO2. The number of aryl methyl sites for hydroxylation is 2. The number of rotatable bonds is 5. The minimum Gasteiger partial charge on any atom is -0.296 e. The molecule has 0 amide bonds. The number of carbonyl (C=O) groups is 2. The lowest BCUT2D eigenvalue weighted by Gasteiger charge is -2.12. The van der Waals surface area contributed by atoms with Gasteiger partial charge in [-0.25, -0.2) is 4.39 Å². The van der Waals surface area contributed by atoms with Crippen LogP contribution in [-0.4, -0.2) is 17.7 Å². The molecule has 1 rings (SSSR count). The van der Waals surface area contributed by atoms with Gasteiger partial charge in [-0.1, -0.05) is 26.0 Å². The van der Waals surface area contributed by atoms with Gasteiger partial charge in [-0.2, -0.15) is 0 Å². The van der Waals surface area contributed by atoms with Crippen molar-refractivity contribution in [1.29, 1.82) is 0 Å². The first-order valence-corrected chi connectivity index (χ1v) is 6.17. The number of carbonyl (C=O) groups excluding carboxylic acids is 2. The number of halogens is 1. The van der Waals surface area contributed by atoms with E-state index < -0.39 is 23.7 Å². The van der Waals surface area contributed by atoms with Gasteiger partial charge in [0, 0.05) is 11.5 Å². The quantitative estimate of drug-likeness (QED) is 0.592. The van der Waals surface area contributed by atoms with Crippen molar-refractivity contribution >= 4 is 11.6 Å². The number of hydrogen-bond acceptors (Lipinski definition) is 2. The smallest absolute Gasteiger partial charge is 0.221 e. The Morgan fingerprint density at radius 1 is 1.22 bits per heavy atom. The summed E-state index contributed by atoms with van der Waals surface area (Å²) in [7, 11) is 0. The standard InChI is InChI=1S/C15H19FO2/c1-5-9(2)14(17)13(16)15(18)12-7-6-10(3)11(4)8-12/h6-9,13H,5H2,1-4H3. The maximum atomic E-state index is 13.8. The molecular weight excluding hydrogens is 231 g/mol. The van der Waals surface area contributed by atoms with Crippen molar-refractivity contribution in [2.75, 3.05) is 0 Å². The average molecular weight is 250 g/mol. The van der Waals surface area contributed by atoms with Crippen LogP contribution in [-0.2, 0) is 4.79 Å². The van der Waals surface area contributed by atoms with E-state index in [-0.39, 0.29) is 5.56 Å². The molecule has 98 valence electrons. The summed E-state index contributed by atoms with van der Waals surface area (Å²) < 4.78 is 13.8. The van der Waals surface area contributed by atoms with E-state index in [2.05, 4.69) is 0 Å². The lowest BCUT2D eigenvalue weighted by atomic mass is 9.94. The van der Waals surface area contributed by atoms with Gasteiger partial charge in [0.25, 0.3) is 0 Å². The molecule has 0 spiro atoms. The lowest BCUT2D eigenvalue weighted by Crippen LogP contribution is -2.30. The van der Waals surface area contributed by atoms with Gasteiger partial charge >= 0.3 is 0 Å². The van der Waals surface area contributed by atoms with E-state index in [1.165, 1.54) is 0 Å². The third kappa shape index (κ3) is 3.03. The molecule has 0 aliphatic carbocycles. The van der Waals surface area contributed by atoms with Crippen molar-refractivity contribution in [2.45, 2.75) is 40.3 Å². The van der Waals surface area contributed by atoms with Gasteiger partial charge in [0.15, 0.2) is 5.78 Å². The van der Waals surface area contributed by atoms with Gasteiger partial charge in [-0.05, 0) is 37.5 Å². The molecule has 0 aliphatic heterocycles. The number of alkyl halides is 1. The summed E-state index contributed by atoms with van der Waals surface area (Å²) in [4.78, 5) is 23.5. The van der Waals surface area contributed by atoms with Crippen LogP contribution in [0.15, 0.2) is 18.2 Å². The molecule has 0 saturated carbocycles. The van der Waals surface area contributed by atoms with E-state index in [0.717, 1.165) is 11.1 Å². The molecule has 0 aliphatic rings.